The van der Waals surface area contributed by atoms with Crippen LogP contribution in [0.3, 0.4) is 0 Å². The van der Waals surface area contributed by atoms with E-state index in [1.807, 2.05) is 11.8 Å². The third kappa shape index (κ3) is 4.36. The number of methoxy groups -OCH3 is 2. The van der Waals surface area contributed by atoms with Crippen molar-refractivity contribution in [3.05, 3.63) is 23.8 Å². The van der Waals surface area contributed by atoms with Crippen LogP contribution in [0.1, 0.15) is 23.7 Å². The molecule has 1 fully saturated rings. The van der Waals surface area contributed by atoms with E-state index < -0.39 is 0 Å². The van der Waals surface area contributed by atoms with Crippen LogP contribution < -0.4 is 9.47 Å². The van der Waals surface area contributed by atoms with Crippen molar-refractivity contribution in [2.24, 2.45) is 0 Å². The topological polar surface area (TPSA) is 62.2 Å². The van der Waals surface area contributed by atoms with Gasteiger partial charge in [0, 0.05) is 38.8 Å². The molecule has 2 rings (SSSR count). The summed E-state index contributed by atoms with van der Waals surface area (Å²) < 4.78 is 10.5. The van der Waals surface area contributed by atoms with Crippen LogP contribution in [0.25, 0.3) is 0 Å². The summed E-state index contributed by atoms with van der Waals surface area (Å²) in [7, 11) is 3.13. The molecular weight excluding hydrogens is 296 g/mol. The molecular formula is C17H26N2O4. The zero-order valence-electron chi connectivity index (χ0n) is 14.1. The first-order chi connectivity index (χ1) is 11.1. The Hall–Kier alpha value is -1.79. The highest BCUT2D eigenvalue weighted by Crippen LogP contribution is 2.26. The maximum Gasteiger partial charge on any atom is 0.257 e. The first kappa shape index (κ1) is 17.6. The molecule has 0 saturated carbocycles. The quantitative estimate of drug-likeness (QED) is 0.853. The van der Waals surface area contributed by atoms with Crippen LogP contribution in [-0.2, 0) is 0 Å². The number of piperazine rings is 1. The van der Waals surface area contributed by atoms with Crippen molar-refractivity contribution in [2.45, 2.75) is 19.4 Å². The highest BCUT2D eigenvalue weighted by Gasteiger charge is 2.25. The molecule has 1 heterocycles. The van der Waals surface area contributed by atoms with Gasteiger partial charge < -0.3 is 19.5 Å². The number of aliphatic hydroxyl groups excluding tert-OH is 1. The maximum atomic E-state index is 12.7. The lowest BCUT2D eigenvalue weighted by Crippen LogP contribution is -2.50. The molecule has 23 heavy (non-hydrogen) atoms. The number of nitrogens with zero attached hydrogens (tertiary/aromatic N) is 2. The Morgan fingerprint density at radius 1 is 1.22 bits per heavy atom. The summed E-state index contributed by atoms with van der Waals surface area (Å²) in [5.74, 6) is 1.16. The van der Waals surface area contributed by atoms with Gasteiger partial charge in [0.2, 0.25) is 0 Å². The number of carbonyl (C=O) groups is 1. The van der Waals surface area contributed by atoms with E-state index in [0.29, 0.717) is 36.7 Å². The second kappa shape index (κ2) is 8.17. The van der Waals surface area contributed by atoms with Crippen LogP contribution in [0, 0.1) is 0 Å². The van der Waals surface area contributed by atoms with Crippen molar-refractivity contribution in [2.75, 3.05) is 46.9 Å². The van der Waals surface area contributed by atoms with E-state index in [-0.39, 0.29) is 12.0 Å². The van der Waals surface area contributed by atoms with Gasteiger partial charge in [0.05, 0.1) is 25.9 Å². The Balaban J connectivity index is 2.00. The van der Waals surface area contributed by atoms with Gasteiger partial charge in [0.15, 0.2) is 0 Å². The molecule has 1 saturated heterocycles. The zero-order valence-corrected chi connectivity index (χ0v) is 14.1. The van der Waals surface area contributed by atoms with E-state index in [1.54, 1.807) is 32.4 Å². The van der Waals surface area contributed by atoms with E-state index in [4.69, 9.17) is 9.47 Å². The summed E-state index contributed by atoms with van der Waals surface area (Å²) in [6, 6.07) is 5.23. The van der Waals surface area contributed by atoms with Gasteiger partial charge in [0.1, 0.15) is 11.5 Å². The number of hydrogen-bond acceptors (Lipinski definition) is 5. The summed E-state index contributed by atoms with van der Waals surface area (Å²) >= 11 is 0. The fourth-order valence-electron chi connectivity index (χ4n) is 2.71. The Labute approximate surface area is 137 Å². The first-order valence-electron chi connectivity index (χ1n) is 8.00. The number of carbonyl (C=O) groups excluding carboxylic acids is 1. The van der Waals surface area contributed by atoms with E-state index in [2.05, 4.69) is 4.90 Å². The Morgan fingerprint density at radius 3 is 2.48 bits per heavy atom. The zero-order chi connectivity index (χ0) is 16.8. The lowest BCUT2D eigenvalue weighted by atomic mass is 10.1. The van der Waals surface area contributed by atoms with Gasteiger partial charge in [-0.15, -0.1) is 0 Å². The van der Waals surface area contributed by atoms with Gasteiger partial charge in [-0.2, -0.15) is 0 Å². The molecule has 6 heteroatoms. The number of β-amino-alcohol motifs (C(OH)–C–C–N with tert-alkyl or cyclic N) is 1. The lowest BCUT2D eigenvalue weighted by molar-refractivity contribution is 0.0521. The van der Waals surface area contributed by atoms with Gasteiger partial charge in [-0.25, -0.2) is 0 Å². The molecule has 0 aliphatic carbocycles. The summed E-state index contributed by atoms with van der Waals surface area (Å²) in [6.07, 6.45) is 0.460. The summed E-state index contributed by atoms with van der Waals surface area (Å²) in [5, 5.41) is 9.73. The van der Waals surface area contributed by atoms with Crippen LogP contribution in [0.2, 0.25) is 0 Å². The second-order valence-corrected chi connectivity index (χ2v) is 5.72. The molecule has 0 unspecified atom stereocenters. The fourth-order valence-corrected chi connectivity index (χ4v) is 2.71. The standard InChI is InChI=1S/C17H26N2O4/c1-4-13(20)12-18-7-9-19(10-8-18)17(21)15-6-5-14(22-2)11-16(15)23-3/h5-6,11,13,20H,4,7-10,12H2,1-3H3/t13-/m0/s1. The van der Waals surface area contributed by atoms with Crippen molar-refractivity contribution in [3.8, 4) is 11.5 Å². The minimum atomic E-state index is -0.293. The normalized spacial score (nSPS) is 17.0. The van der Waals surface area contributed by atoms with Crippen LogP contribution in [0.4, 0.5) is 0 Å². The van der Waals surface area contributed by atoms with E-state index in [1.165, 1.54) is 0 Å². The highest BCUT2D eigenvalue weighted by molar-refractivity contribution is 5.97. The third-order valence-electron chi connectivity index (χ3n) is 4.24. The SMILES string of the molecule is CC[C@H](O)CN1CCN(C(=O)c2ccc(OC)cc2OC)CC1. The van der Waals surface area contributed by atoms with E-state index >= 15 is 0 Å². The molecule has 6 nitrogen and oxygen atoms in total. The average molecular weight is 322 g/mol. The van der Waals surface area contributed by atoms with Gasteiger partial charge >= 0.3 is 0 Å². The van der Waals surface area contributed by atoms with E-state index in [0.717, 1.165) is 19.5 Å². The smallest absolute Gasteiger partial charge is 0.257 e. The van der Waals surface area contributed by atoms with Crippen LogP contribution in [-0.4, -0.2) is 73.9 Å². The lowest BCUT2D eigenvalue weighted by Gasteiger charge is -2.35. The molecule has 0 radical (unpaired) electrons. The largest absolute Gasteiger partial charge is 0.497 e. The van der Waals surface area contributed by atoms with Gasteiger partial charge in [0.25, 0.3) is 5.91 Å². The number of amides is 1. The van der Waals surface area contributed by atoms with Crippen molar-refractivity contribution in [3.63, 3.8) is 0 Å². The molecule has 1 aliphatic heterocycles. The Kier molecular flexibility index (Phi) is 6.24. The molecule has 0 bridgehead atoms. The molecule has 128 valence electrons. The maximum absolute atomic E-state index is 12.7. The minimum Gasteiger partial charge on any atom is -0.497 e. The molecule has 0 aromatic heterocycles. The number of ether oxygens (including phenoxy) is 2. The number of rotatable bonds is 6. The van der Waals surface area contributed by atoms with Crippen LogP contribution in [0.5, 0.6) is 11.5 Å². The number of hydrogen-bond donors (Lipinski definition) is 1. The third-order valence-corrected chi connectivity index (χ3v) is 4.24. The predicted molar refractivity (Wildman–Crippen MR) is 88.2 cm³/mol. The van der Waals surface area contributed by atoms with Crippen molar-refractivity contribution in [1.82, 2.24) is 9.80 Å². The van der Waals surface area contributed by atoms with Gasteiger partial charge in [-0.3, -0.25) is 9.69 Å². The molecule has 0 spiro atoms. The van der Waals surface area contributed by atoms with E-state index in [9.17, 15) is 9.90 Å². The van der Waals surface area contributed by atoms with Gasteiger partial charge in [-0.1, -0.05) is 6.92 Å². The molecule has 1 aromatic carbocycles. The predicted octanol–water partition coefficient (Wildman–Crippen LogP) is 1.23. The molecule has 1 N–H and O–H groups in total. The Bertz CT molecular complexity index is 527. The molecule has 1 aromatic rings. The molecule has 1 aliphatic rings. The van der Waals surface area contributed by atoms with Gasteiger partial charge in [-0.05, 0) is 18.6 Å². The highest BCUT2D eigenvalue weighted by atomic mass is 16.5. The van der Waals surface area contributed by atoms with Crippen LogP contribution >= 0.6 is 0 Å². The molecule has 1 amide bonds. The van der Waals surface area contributed by atoms with Crippen molar-refractivity contribution in [1.29, 1.82) is 0 Å². The van der Waals surface area contributed by atoms with Crippen molar-refractivity contribution >= 4 is 5.91 Å². The fraction of sp³-hybridized carbons (Fsp3) is 0.588. The van der Waals surface area contributed by atoms with Crippen LogP contribution in [0.15, 0.2) is 18.2 Å². The van der Waals surface area contributed by atoms with Crippen molar-refractivity contribution < 1.29 is 19.4 Å². The second-order valence-electron chi connectivity index (χ2n) is 5.72. The monoisotopic (exact) mass is 322 g/mol. The number of aliphatic hydroxyl groups is 1. The summed E-state index contributed by atoms with van der Waals surface area (Å²) in [5.41, 5.74) is 0.551. The first-order valence-corrected chi connectivity index (χ1v) is 8.00. The summed E-state index contributed by atoms with van der Waals surface area (Å²) in [4.78, 5) is 16.7. The average Bonchev–Trinajstić information content (AvgIpc) is 2.61. The Morgan fingerprint density at radius 2 is 1.91 bits per heavy atom. The number of benzene rings is 1. The minimum absolute atomic E-state index is 0.0276. The summed E-state index contributed by atoms with van der Waals surface area (Å²) in [6.45, 7) is 5.52. The molecule has 1 atom stereocenters.